The number of aromatic nitrogens is 2. The van der Waals surface area contributed by atoms with E-state index in [2.05, 4.69) is 27.3 Å². The molecule has 0 aliphatic carbocycles. The van der Waals surface area contributed by atoms with E-state index in [-0.39, 0.29) is 10.9 Å². The maximum absolute atomic E-state index is 9.45. The average molecular weight is 306 g/mol. The predicted molar refractivity (Wildman–Crippen MR) is 83.7 cm³/mol. The molecule has 8 heteroatoms. The monoisotopic (exact) mass is 306 g/mol. The third-order valence-electron chi connectivity index (χ3n) is 4.03. The Bertz CT molecular complexity index is 621. The molecule has 0 spiro atoms. The molecule has 8 nitrogen and oxygen atoms in total. The van der Waals surface area contributed by atoms with Crippen molar-refractivity contribution in [1.29, 1.82) is 0 Å². The van der Waals surface area contributed by atoms with Gasteiger partial charge in [0.15, 0.2) is 11.5 Å². The lowest BCUT2D eigenvalue weighted by atomic mass is 10.3. The van der Waals surface area contributed by atoms with Crippen LogP contribution in [0.3, 0.4) is 0 Å². The third-order valence-corrected chi connectivity index (χ3v) is 4.03. The second kappa shape index (κ2) is 6.49. The van der Waals surface area contributed by atoms with Gasteiger partial charge in [0, 0.05) is 45.5 Å². The van der Waals surface area contributed by atoms with Gasteiger partial charge in [-0.3, -0.25) is 15.3 Å². The van der Waals surface area contributed by atoms with Crippen molar-refractivity contribution >= 4 is 17.0 Å². The Morgan fingerprint density at radius 2 is 2.00 bits per heavy atom. The summed E-state index contributed by atoms with van der Waals surface area (Å²) in [6.07, 6.45) is 1.77. The molecule has 1 aliphatic heterocycles. The summed E-state index contributed by atoms with van der Waals surface area (Å²) in [5.74, 6) is 0.463. The Kier molecular flexibility index (Phi) is 4.44. The molecule has 0 bridgehead atoms. The number of nitrogens with one attached hydrogen (secondary N) is 1. The van der Waals surface area contributed by atoms with Crippen molar-refractivity contribution < 1.29 is 10.4 Å². The topological polar surface area (TPSA) is 79.5 Å². The quantitative estimate of drug-likeness (QED) is 0.697. The van der Waals surface area contributed by atoms with E-state index in [1.165, 1.54) is 0 Å². The van der Waals surface area contributed by atoms with Gasteiger partial charge < -0.3 is 10.2 Å². The molecule has 1 saturated heterocycles. The van der Waals surface area contributed by atoms with E-state index in [0.29, 0.717) is 17.9 Å². The summed E-state index contributed by atoms with van der Waals surface area (Å²) in [7, 11) is 2.13. The second-order valence-corrected chi connectivity index (χ2v) is 5.59. The summed E-state index contributed by atoms with van der Waals surface area (Å²) in [6.45, 7) is 5.89. The van der Waals surface area contributed by atoms with Gasteiger partial charge in [0.05, 0.1) is 5.52 Å². The minimum atomic E-state index is 0.126. The Morgan fingerprint density at radius 3 is 2.73 bits per heavy atom. The molecule has 3 heterocycles. The first-order chi connectivity index (χ1) is 10.6. The fourth-order valence-corrected chi connectivity index (χ4v) is 2.71. The highest BCUT2D eigenvalue weighted by Crippen LogP contribution is 2.28. The van der Waals surface area contributed by atoms with E-state index in [4.69, 9.17) is 0 Å². The Balaban J connectivity index is 1.65. The molecule has 0 radical (unpaired) electrons. The number of anilines is 2. The van der Waals surface area contributed by atoms with Crippen LogP contribution in [-0.4, -0.2) is 76.1 Å². The average Bonchev–Trinajstić information content (AvgIpc) is 2.87. The molecular formula is C14H22N6O2. The first-order valence-electron chi connectivity index (χ1n) is 7.45. The Hall–Kier alpha value is -1.87. The first kappa shape index (κ1) is 15.0. The number of hydrogen-bond donors (Lipinski definition) is 3. The summed E-state index contributed by atoms with van der Waals surface area (Å²) in [5, 5.41) is 26.6. The zero-order valence-corrected chi connectivity index (χ0v) is 12.7. The number of rotatable bonds is 5. The van der Waals surface area contributed by atoms with Crippen molar-refractivity contribution in [2.24, 2.45) is 0 Å². The highest BCUT2D eigenvalue weighted by Gasteiger charge is 2.18. The van der Waals surface area contributed by atoms with Crippen LogP contribution >= 0.6 is 0 Å². The number of fused-ring (bicyclic) bond motifs is 1. The standard InChI is InChI=1S/C14H22N6O2/c1-17-8-10-18(11-9-17)7-5-15-14-13(20(21)22)12-4-2-3-6-19(12)16-14/h2-4,6,21-22H,5,7-11H2,1H3,(H,15,16). The van der Waals surface area contributed by atoms with Crippen molar-refractivity contribution in [1.82, 2.24) is 19.4 Å². The van der Waals surface area contributed by atoms with Crippen LogP contribution in [0, 0.1) is 0 Å². The van der Waals surface area contributed by atoms with Crippen molar-refractivity contribution in [3.05, 3.63) is 24.4 Å². The van der Waals surface area contributed by atoms with Crippen LogP contribution in [0.4, 0.5) is 11.5 Å². The maximum atomic E-state index is 9.45. The van der Waals surface area contributed by atoms with Crippen LogP contribution in [0.1, 0.15) is 0 Å². The number of hydrogen-bond acceptors (Lipinski definition) is 7. The summed E-state index contributed by atoms with van der Waals surface area (Å²) < 4.78 is 1.62. The van der Waals surface area contributed by atoms with Crippen LogP contribution < -0.4 is 10.5 Å². The van der Waals surface area contributed by atoms with Crippen LogP contribution in [0.15, 0.2) is 24.4 Å². The minimum absolute atomic E-state index is 0.126. The third kappa shape index (κ3) is 3.14. The molecular weight excluding hydrogens is 284 g/mol. The smallest absolute Gasteiger partial charge is 0.177 e. The molecule has 3 rings (SSSR count). The van der Waals surface area contributed by atoms with E-state index < -0.39 is 0 Å². The summed E-state index contributed by atoms with van der Waals surface area (Å²) >= 11 is 0. The molecule has 0 atom stereocenters. The SMILES string of the molecule is CN1CCN(CCNc2nn3ccccc3c2N(O)O)CC1. The lowest BCUT2D eigenvalue weighted by Crippen LogP contribution is -2.45. The first-order valence-corrected chi connectivity index (χ1v) is 7.45. The van der Waals surface area contributed by atoms with E-state index in [1.54, 1.807) is 16.8 Å². The van der Waals surface area contributed by atoms with Gasteiger partial charge in [-0.1, -0.05) is 6.07 Å². The Labute approximate surface area is 129 Å². The van der Waals surface area contributed by atoms with Crippen LogP contribution in [-0.2, 0) is 0 Å². The highest BCUT2D eigenvalue weighted by molar-refractivity contribution is 5.82. The zero-order chi connectivity index (χ0) is 15.5. The van der Waals surface area contributed by atoms with Crippen LogP contribution in [0.5, 0.6) is 0 Å². The molecule has 120 valence electrons. The number of likely N-dealkylation sites (N-methyl/N-ethyl adjacent to an activating group) is 1. The fourth-order valence-electron chi connectivity index (χ4n) is 2.71. The van der Waals surface area contributed by atoms with Gasteiger partial charge in [-0.15, -0.1) is 10.3 Å². The molecule has 22 heavy (non-hydrogen) atoms. The molecule has 1 fully saturated rings. The molecule has 3 N–H and O–H groups in total. The van der Waals surface area contributed by atoms with E-state index >= 15 is 0 Å². The summed E-state index contributed by atoms with van der Waals surface area (Å²) in [6, 6.07) is 5.46. The molecule has 0 saturated carbocycles. The summed E-state index contributed by atoms with van der Waals surface area (Å²) in [4.78, 5) is 4.71. The molecule has 0 aromatic carbocycles. The Morgan fingerprint density at radius 1 is 1.23 bits per heavy atom. The largest absolute Gasteiger partial charge is 0.365 e. The van der Waals surface area contributed by atoms with Gasteiger partial charge in [-0.2, -0.15) is 0 Å². The predicted octanol–water partition coefficient (Wildman–Crippen LogP) is 0.578. The fraction of sp³-hybridized carbons (Fsp3) is 0.500. The molecule has 2 aromatic rings. The lowest BCUT2D eigenvalue weighted by Gasteiger charge is -2.32. The normalized spacial score (nSPS) is 17.0. The van der Waals surface area contributed by atoms with Gasteiger partial charge in [0.1, 0.15) is 0 Å². The van der Waals surface area contributed by atoms with E-state index in [9.17, 15) is 10.4 Å². The van der Waals surface area contributed by atoms with E-state index in [1.807, 2.05) is 12.1 Å². The number of piperazine rings is 1. The maximum Gasteiger partial charge on any atom is 0.177 e. The molecule has 0 unspecified atom stereocenters. The van der Waals surface area contributed by atoms with Gasteiger partial charge in [0.2, 0.25) is 0 Å². The van der Waals surface area contributed by atoms with Gasteiger partial charge in [0.25, 0.3) is 0 Å². The van der Waals surface area contributed by atoms with Crippen molar-refractivity contribution in [3.8, 4) is 0 Å². The van der Waals surface area contributed by atoms with Crippen molar-refractivity contribution in [2.45, 2.75) is 0 Å². The summed E-state index contributed by atoms with van der Waals surface area (Å²) in [5.41, 5.74) is 0.897. The van der Waals surface area contributed by atoms with Crippen LogP contribution in [0.25, 0.3) is 5.52 Å². The minimum Gasteiger partial charge on any atom is -0.365 e. The zero-order valence-electron chi connectivity index (χ0n) is 12.7. The van der Waals surface area contributed by atoms with Crippen molar-refractivity contribution in [3.63, 3.8) is 0 Å². The molecule has 2 aromatic heterocycles. The van der Waals surface area contributed by atoms with Crippen LogP contribution in [0.2, 0.25) is 0 Å². The van der Waals surface area contributed by atoms with Gasteiger partial charge in [-0.25, -0.2) is 4.52 Å². The lowest BCUT2D eigenvalue weighted by molar-refractivity contribution is 0.0303. The number of pyridine rings is 1. The highest BCUT2D eigenvalue weighted by atomic mass is 16.8. The molecule has 0 amide bonds. The molecule has 1 aliphatic rings. The second-order valence-electron chi connectivity index (χ2n) is 5.59. The van der Waals surface area contributed by atoms with Crippen molar-refractivity contribution in [2.75, 3.05) is 56.9 Å². The number of nitrogens with zero attached hydrogens (tertiary/aromatic N) is 5. The van der Waals surface area contributed by atoms with E-state index in [0.717, 1.165) is 32.7 Å². The van der Waals surface area contributed by atoms with Gasteiger partial charge >= 0.3 is 0 Å². The van der Waals surface area contributed by atoms with Gasteiger partial charge in [-0.05, 0) is 19.2 Å².